The van der Waals surface area contributed by atoms with Crippen molar-refractivity contribution >= 4 is 31.9 Å². The van der Waals surface area contributed by atoms with Crippen LogP contribution in [0.25, 0.3) is 0 Å². The van der Waals surface area contributed by atoms with Gasteiger partial charge in [-0.05, 0) is 41.9 Å². The molecule has 0 atom stereocenters. The van der Waals surface area contributed by atoms with Crippen molar-refractivity contribution in [1.29, 1.82) is 0 Å². The van der Waals surface area contributed by atoms with Gasteiger partial charge in [-0.2, -0.15) is 0 Å². The van der Waals surface area contributed by atoms with Crippen LogP contribution < -0.4 is 10.5 Å². The van der Waals surface area contributed by atoms with Crippen LogP contribution in [0.1, 0.15) is 13.8 Å². The van der Waals surface area contributed by atoms with E-state index in [0.717, 1.165) is 0 Å². The lowest BCUT2D eigenvalue weighted by Gasteiger charge is -2.20. The van der Waals surface area contributed by atoms with Gasteiger partial charge >= 0.3 is 0 Å². The van der Waals surface area contributed by atoms with Gasteiger partial charge in [-0.15, -0.1) is 0 Å². The monoisotopic (exact) mass is 334 g/mol. The molecule has 18 heavy (non-hydrogen) atoms. The molecule has 0 saturated carbocycles. The number of rotatable bonds is 5. The lowest BCUT2D eigenvalue weighted by atomic mass is 9.93. The second-order valence-electron chi connectivity index (χ2n) is 4.50. The Bertz CT molecular complexity index is 555. The molecule has 0 bridgehead atoms. The zero-order valence-corrected chi connectivity index (χ0v) is 12.5. The number of hydrogen-bond donors (Lipinski definition) is 2. The quantitative estimate of drug-likeness (QED) is 0.848. The van der Waals surface area contributed by atoms with Crippen LogP contribution in [-0.2, 0) is 14.8 Å². The van der Waals surface area contributed by atoms with E-state index in [4.69, 9.17) is 5.73 Å². The number of sulfonamides is 1. The molecule has 100 valence electrons. The van der Waals surface area contributed by atoms with Gasteiger partial charge in [0.05, 0.1) is 10.3 Å². The van der Waals surface area contributed by atoms with Gasteiger partial charge in [-0.1, -0.05) is 12.1 Å². The second-order valence-corrected chi connectivity index (χ2v) is 7.09. The minimum absolute atomic E-state index is 0.0496. The van der Waals surface area contributed by atoms with Crippen LogP contribution in [0.15, 0.2) is 33.6 Å². The molecular formula is C11H15BrN2O3S. The maximum Gasteiger partial charge on any atom is 0.241 e. The Balaban J connectivity index is 2.92. The average Bonchev–Trinajstić information content (AvgIpc) is 2.27. The Morgan fingerprint density at radius 2 is 1.94 bits per heavy atom. The van der Waals surface area contributed by atoms with E-state index < -0.39 is 21.3 Å². The molecule has 0 aliphatic heterocycles. The summed E-state index contributed by atoms with van der Waals surface area (Å²) < 4.78 is 26.9. The van der Waals surface area contributed by atoms with Gasteiger partial charge in [0.15, 0.2) is 0 Å². The Morgan fingerprint density at radius 1 is 1.39 bits per heavy atom. The van der Waals surface area contributed by atoms with E-state index in [1.165, 1.54) is 6.07 Å². The number of nitrogens with two attached hydrogens (primary N) is 1. The first-order valence-electron chi connectivity index (χ1n) is 5.21. The fourth-order valence-electron chi connectivity index (χ4n) is 1.10. The molecule has 3 N–H and O–H groups in total. The van der Waals surface area contributed by atoms with Crippen LogP contribution in [0.2, 0.25) is 0 Å². The fourth-order valence-corrected chi connectivity index (χ4v) is 3.32. The third-order valence-electron chi connectivity index (χ3n) is 2.50. The van der Waals surface area contributed by atoms with E-state index >= 15 is 0 Å². The number of hydrogen-bond acceptors (Lipinski definition) is 3. The van der Waals surface area contributed by atoms with Gasteiger partial charge in [0.25, 0.3) is 0 Å². The van der Waals surface area contributed by atoms with Crippen LogP contribution in [0, 0.1) is 5.41 Å². The number of carbonyl (C=O) groups is 1. The predicted molar refractivity (Wildman–Crippen MR) is 72.3 cm³/mol. The van der Waals surface area contributed by atoms with E-state index in [9.17, 15) is 13.2 Å². The van der Waals surface area contributed by atoms with Crippen molar-refractivity contribution in [1.82, 2.24) is 4.72 Å². The molecule has 0 heterocycles. The van der Waals surface area contributed by atoms with Crippen molar-refractivity contribution in [3.63, 3.8) is 0 Å². The number of primary amides is 1. The topological polar surface area (TPSA) is 89.3 Å². The zero-order chi connectivity index (χ0) is 14.0. The Morgan fingerprint density at radius 3 is 2.44 bits per heavy atom. The van der Waals surface area contributed by atoms with Crippen LogP contribution in [0.4, 0.5) is 0 Å². The minimum Gasteiger partial charge on any atom is -0.369 e. The van der Waals surface area contributed by atoms with Gasteiger partial charge in [-0.25, -0.2) is 13.1 Å². The zero-order valence-electron chi connectivity index (χ0n) is 10.1. The van der Waals surface area contributed by atoms with Crippen LogP contribution in [-0.4, -0.2) is 20.9 Å². The van der Waals surface area contributed by atoms with E-state index in [0.29, 0.717) is 4.47 Å². The highest BCUT2D eigenvalue weighted by Gasteiger charge is 2.28. The van der Waals surface area contributed by atoms with Crippen molar-refractivity contribution in [2.24, 2.45) is 11.1 Å². The summed E-state index contributed by atoms with van der Waals surface area (Å²) in [4.78, 5) is 11.2. The molecule has 1 aromatic carbocycles. The minimum atomic E-state index is -3.66. The van der Waals surface area contributed by atoms with Crippen molar-refractivity contribution in [3.05, 3.63) is 28.7 Å². The first-order valence-corrected chi connectivity index (χ1v) is 7.48. The van der Waals surface area contributed by atoms with E-state index in [2.05, 4.69) is 20.7 Å². The maximum atomic E-state index is 12.0. The normalized spacial score (nSPS) is 12.4. The largest absolute Gasteiger partial charge is 0.369 e. The van der Waals surface area contributed by atoms with E-state index in [1.807, 2.05) is 0 Å². The summed E-state index contributed by atoms with van der Waals surface area (Å²) in [5, 5.41) is 0. The lowest BCUT2D eigenvalue weighted by molar-refractivity contribution is -0.125. The molecule has 0 unspecified atom stereocenters. The standard InChI is InChI=1S/C11H15BrN2O3S/c1-11(2,10(13)15)7-14-18(16,17)9-6-4-3-5-8(9)12/h3-6,14H,7H2,1-2H3,(H2,13,15). The maximum absolute atomic E-state index is 12.0. The van der Waals surface area contributed by atoms with Gasteiger partial charge in [-0.3, -0.25) is 4.79 Å². The lowest BCUT2D eigenvalue weighted by Crippen LogP contribution is -2.42. The van der Waals surface area contributed by atoms with Gasteiger partial charge in [0.1, 0.15) is 0 Å². The summed E-state index contributed by atoms with van der Waals surface area (Å²) in [5.74, 6) is -0.558. The molecule has 0 saturated heterocycles. The molecule has 5 nitrogen and oxygen atoms in total. The highest BCUT2D eigenvalue weighted by Crippen LogP contribution is 2.22. The summed E-state index contributed by atoms with van der Waals surface area (Å²) in [5.41, 5.74) is 4.25. The number of nitrogens with one attached hydrogen (secondary N) is 1. The SMILES string of the molecule is CC(C)(CNS(=O)(=O)c1ccccc1Br)C(N)=O. The van der Waals surface area contributed by atoms with Crippen LogP contribution in [0.5, 0.6) is 0 Å². The Kier molecular flexibility index (Phi) is 4.52. The molecule has 0 fully saturated rings. The highest BCUT2D eigenvalue weighted by atomic mass is 79.9. The molecule has 7 heteroatoms. The smallest absolute Gasteiger partial charge is 0.241 e. The molecule has 1 amide bonds. The number of halogens is 1. The van der Waals surface area contributed by atoms with E-state index in [1.54, 1.807) is 32.0 Å². The van der Waals surface area contributed by atoms with Gasteiger partial charge in [0, 0.05) is 11.0 Å². The third kappa shape index (κ3) is 3.54. The molecule has 0 aliphatic rings. The first-order chi connectivity index (χ1) is 8.17. The summed E-state index contributed by atoms with van der Waals surface area (Å²) in [7, 11) is -3.66. The number of benzene rings is 1. The van der Waals surface area contributed by atoms with Crippen molar-refractivity contribution in [3.8, 4) is 0 Å². The number of carbonyl (C=O) groups excluding carboxylic acids is 1. The van der Waals surface area contributed by atoms with E-state index in [-0.39, 0.29) is 11.4 Å². The third-order valence-corrected chi connectivity index (χ3v) is 4.91. The predicted octanol–water partition coefficient (Wildman–Crippen LogP) is 1.24. The van der Waals surface area contributed by atoms with Crippen LogP contribution in [0.3, 0.4) is 0 Å². The fraction of sp³-hybridized carbons (Fsp3) is 0.364. The highest BCUT2D eigenvalue weighted by molar-refractivity contribution is 9.10. The summed E-state index contributed by atoms with van der Waals surface area (Å²) in [6, 6.07) is 6.45. The van der Waals surface area contributed by atoms with Crippen molar-refractivity contribution in [2.75, 3.05) is 6.54 Å². The average molecular weight is 335 g/mol. The molecular weight excluding hydrogens is 320 g/mol. The summed E-state index contributed by atoms with van der Waals surface area (Å²) in [6.45, 7) is 3.11. The molecule has 0 spiro atoms. The van der Waals surface area contributed by atoms with Crippen molar-refractivity contribution < 1.29 is 13.2 Å². The molecule has 0 radical (unpaired) electrons. The van der Waals surface area contributed by atoms with Gasteiger partial charge < -0.3 is 5.73 Å². The Labute approximate surface area is 115 Å². The molecule has 1 aromatic rings. The molecule has 0 aliphatic carbocycles. The first kappa shape index (κ1) is 15.1. The van der Waals surface area contributed by atoms with Crippen LogP contribution >= 0.6 is 15.9 Å². The number of amides is 1. The molecule has 0 aromatic heterocycles. The summed E-state index contributed by atoms with van der Waals surface area (Å²) >= 11 is 3.17. The Hall–Kier alpha value is -0.920. The summed E-state index contributed by atoms with van der Waals surface area (Å²) in [6.07, 6.45) is 0. The second kappa shape index (κ2) is 5.38. The van der Waals surface area contributed by atoms with Gasteiger partial charge in [0.2, 0.25) is 15.9 Å². The van der Waals surface area contributed by atoms with Crippen molar-refractivity contribution in [2.45, 2.75) is 18.7 Å². The molecule has 1 rings (SSSR count).